The maximum atomic E-state index is 5.77. The van der Waals surface area contributed by atoms with E-state index in [1.54, 1.807) is 0 Å². The number of rotatable bonds is 4. The molecule has 0 bridgehead atoms. The molecule has 93 valence electrons. The van der Waals surface area contributed by atoms with Gasteiger partial charge < -0.3 is 10.6 Å². The summed E-state index contributed by atoms with van der Waals surface area (Å²) in [6.45, 7) is 0.963. The Morgan fingerprint density at radius 1 is 1.11 bits per heavy atom. The zero-order valence-electron chi connectivity index (χ0n) is 11.0. The van der Waals surface area contributed by atoms with Crippen molar-refractivity contribution >= 4 is 5.69 Å². The fourth-order valence-corrected chi connectivity index (χ4v) is 2.09. The first-order chi connectivity index (χ1) is 8.65. The Balaban J connectivity index is 2.23. The summed E-state index contributed by atoms with van der Waals surface area (Å²) >= 11 is 0. The monoisotopic (exact) mass is 239 g/mol. The van der Waals surface area contributed by atoms with Crippen molar-refractivity contribution in [1.82, 2.24) is 4.90 Å². The quantitative estimate of drug-likeness (QED) is 0.831. The molecule has 1 radical (unpaired) electrons. The summed E-state index contributed by atoms with van der Waals surface area (Å²) < 4.78 is 0. The molecule has 0 aliphatic heterocycles. The highest BCUT2D eigenvalue weighted by molar-refractivity contribution is 5.42. The summed E-state index contributed by atoms with van der Waals surface area (Å²) in [4.78, 5) is 2.19. The van der Waals surface area contributed by atoms with Gasteiger partial charge >= 0.3 is 0 Å². The largest absolute Gasteiger partial charge is 0.398 e. The molecule has 0 saturated heterocycles. The van der Waals surface area contributed by atoms with Gasteiger partial charge in [-0.1, -0.05) is 36.4 Å². The van der Waals surface area contributed by atoms with Crippen molar-refractivity contribution in [2.45, 2.75) is 13.0 Å². The zero-order chi connectivity index (χ0) is 13.0. The highest BCUT2D eigenvalue weighted by atomic mass is 15.0. The summed E-state index contributed by atoms with van der Waals surface area (Å²) in [5.74, 6) is 0. The smallest absolute Gasteiger partial charge is 0.0397 e. The second kappa shape index (κ2) is 5.69. The Hall–Kier alpha value is -1.80. The highest BCUT2D eigenvalue weighted by Crippen LogP contribution is 2.16. The maximum Gasteiger partial charge on any atom is 0.0397 e. The van der Waals surface area contributed by atoms with Crippen LogP contribution >= 0.6 is 0 Å². The number of hydrogen-bond acceptors (Lipinski definition) is 2. The number of anilines is 1. The summed E-state index contributed by atoms with van der Waals surface area (Å²) in [5.41, 5.74) is 10.4. The van der Waals surface area contributed by atoms with Crippen molar-refractivity contribution in [2.75, 3.05) is 19.8 Å². The van der Waals surface area contributed by atoms with Gasteiger partial charge in [0.05, 0.1) is 0 Å². The van der Waals surface area contributed by atoms with E-state index in [0.717, 1.165) is 13.0 Å². The summed E-state index contributed by atoms with van der Waals surface area (Å²) in [6.07, 6.45) is 0.920. The number of nitrogens with zero attached hydrogens (tertiary/aromatic N) is 1. The van der Waals surface area contributed by atoms with Crippen molar-refractivity contribution in [3.05, 3.63) is 65.2 Å². The van der Waals surface area contributed by atoms with Crippen LogP contribution in [0.1, 0.15) is 16.7 Å². The van der Waals surface area contributed by atoms with Gasteiger partial charge in [-0.15, -0.1) is 0 Å². The van der Waals surface area contributed by atoms with E-state index in [2.05, 4.69) is 55.4 Å². The molecule has 0 saturated carbocycles. The Kier molecular flexibility index (Phi) is 4.00. The Morgan fingerprint density at radius 2 is 1.83 bits per heavy atom. The molecule has 2 N–H and O–H groups in total. The van der Waals surface area contributed by atoms with Gasteiger partial charge in [-0.25, -0.2) is 0 Å². The van der Waals surface area contributed by atoms with E-state index < -0.39 is 0 Å². The van der Waals surface area contributed by atoms with E-state index >= 15 is 0 Å². The second-order valence-electron chi connectivity index (χ2n) is 4.84. The normalized spacial score (nSPS) is 10.8. The van der Waals surface area contributed by atoms with Gasteiger partial charge in [-0.3, -0.25) is 0 Å². The van der Waals surface area contributed by atoms with E-state index in [0.29, 0.717) is 5.69 Å². The van der Waals surface area contributed by atoms with Crippen LogP contribution in [0, 0.1) is 6.07 Å². The molecule has 2 aromatic rings. The van der Waals surface area contributed by atoms with Crippen LogP contribution in [-0.4, -0.2) is 19.0 Å². The number of nitrogen functional groups attached to an aromatic ring is 1. The minimum absolute atomic E-state index is 0.706. The van der Waals surface area contributed by atoms with E-state index in [4.69, 9.17) is 5.73 Å². The zero-order valence-corrected chi connectivity index (χ0v) is 11.0. The summed E-state index contributed by atoms with van der Waals surface area (Å²) in [6, 6.07) is 17.5. The van der Waals surface area contributed by atoms with Gasteiger partial charge in [0.15, 0.2) is 0 Å². The molecule has 2 aromatic carbocycles. The SMILES string of the molecule is CN(C)Cc1ccccc1Cc1cc[c]c(N)c1. The Bertz CT molecular complexity index is 518. The fourth-order valence-electron chi connectivity index (χ4n) is 2.09. The van der Waals surface area contributed by atoms with Crippen molar-refractivity contribution in [3.8, 4) is 0 Å². The average Bonchev–Trinajstić information content (AvgIpc) is 2.31. The van der Waals surface area contributed by atoms with Crippen LogP contribution < -0.4 is 5.73 Å². The third kappa shape index (κ3) is 3.34. The lowest BCUT2D eigenvalue weighted by Gasteiger charge is -2.14. The fraction of sp³-hybridized carbons (Fsp3) is 0.250. The van der Waals surface area contributed by atoms with Gasteiger partial charge in [0.25, 0.3) is 0 Å². The molecule has 18 heavy (non-hydrogen) atoms. The van der Waals surface area contributed by atoms with Crippen LogP contribution in [0.4, 0.5) is 5.69 Å². The van der Waals surface area contributed by atoms with Crippen molar-refractivity contribution in [3.63, 3.8) is 0 Å². The average molecular weight is 239 g/mol. The standard InChI is InChI=1S/C16H19N2/c1-18(2)12-15-8-4-3-7-14(15)10-13-6-5-9-16(17)11-13/h3-8,11H,10,12,17H2,1-2H3. The molecule has 0 amide bonds. The lowest BCUT2D eigenvalue weighted by molar-refractivity contribution is 0.401. The molecule has 2 nitrogen and oxygen atoms in total. The molecular formula is C16H19N2. The highest BCUT2D eigenvalue weighted by Gasteiger charge is 2.04. The summed E-state index contributed by atoms with van der Waals surface area (Å²) in [5, 5.41) is 0. The van der Waals surface area contributed by atoms with Crippen molar-refractivity contribution in [1.29, 1.82) is 0 Å². The van der Waals surface area contributed by atoms with E-state index in [1.165, 1.54) is 16.7 Å². The molecule has 0 heterocycles. The first kappa shape index (κ1) is 12.7. The molecule has 2 heteroatoms. The third-order valence-electron chi connectivity index (χ3n) is 2.89. The minimum atomic E-state index is 0.706. The molecule has 2 rings (SSSR count). The maximum absolute atomic E-state index is 5.77. The van der Waals surface area contributed by atoms with Crippen LogP contribution in [0.15, 0.2) is 42.5 Å². The molecule has 0 unspecified atom stereocenters. The Labute approximate surface area is 109 Å². The minimum Gasteiger partial charge on any atom is -0.398 e. The Morgan fingerprint density at radius 3 is 2.50 bits per heavy atom. The van der Waals surface area contributed by atoms with Crippen LogP contribution in [0.3, 0.4) is 0 Å². The van der Waals surface area contributed by atoms with Crippen LogP contribution in [0.5, 0.6) is 0 Å². The molecule has 0 aliphatic rings. The number of nitrogens with two attached hydrogens (primary N) is 1. The van der Waals surface area contributed by atoms with Gasteiger partial charge in [-0.2, -0.15) is 0 Å². The van der Waals surface area contributed by atoms with Crippen LogP contribution in [0.25, 0.3) is 0 Å². The number of benzene rings is 2. The van der Waals surface area contributed by atoms with E-state index in [1.807, 2.05) is 12.1 Å². The van der Waals surface area contributed by atoms with Crippen molar-refractivity contribution < 1.29 is 0 Å². The van der Waals surface area contributed by atoms with Gasteiger partial charge in [0, 0.05) is 18.3 Å². The second-order valence-corrected chi connectivity index (χ2v) is 4.84. The molecule has 0 atom stereocenters. The number of hydrogen-bond donors (Lipinski definition) is 1. The van der Waals surface area contributed by atoms with E-state index in [9.17, 15) is 0 Å². The van der Waals surface area contributed by atoms with Crippen LogP contribution in [0.2, 0.25) is 0 Å². The van der Waals surface area contributed by atoms with Gasteiger partial charge in [-0.05, 0) is 43.3 Å². The topological polar surface area (TPSA) is 29.3 Å². The molecule has 0 aromatic heterocycles. The predicted octanol–water partition coefficient (Wildman–Crippen LogP) is 2.72. The lowest BCUT2D eigenvalue weighted by Crippen LogP contribution is -2.12. The van der Waals surface area contributed by atoms with E-state index in [-0.39, 0.29) is 0 Å². The van der Waals surface area contributed by atoms with Gasteiger partial charge in [0.2, 0.25) is 0 Å². The van der Waals surface area contributed by atoms with Gasteiger partial charge in [0.1, 0.15) is 0 Å². The first-order valence-electron chi connectivity index (χ1n) is 6.13. The molecule has 0 spiro atoms. The molecular weight excluding hydrogens is 220 g/mol. The molecule has 0 aliphatic carbocycles. The summed E-state index contributed by atoms with van der Waals surface area (Å²) in [7, 11) is 4.18. The lowest BCUT2D eigenvalue weighted by atomic mass is 9.99. The predicted molar refractivity (Wildman–Crippen MR) is 76.3 cm³/mol. The molecule has 0 fully saturated rings. The first-order valence-corrected chi connectivity index (χ1v) is 6.13. The third-order valence-corrected chi connectivity index (χ3v) is 2.89. The van der Waals surface area contributed by atoms with Crippen LogP contribution in [-0.2, 0) is 13.0 Å². The van der Waals surface area contributed by atoms with Crippen molar-refractivity contribution in [2.24, 2.45) is 0 Å².